The normalized spacial score (nSPS) is 13.7. The van der Waals surface area contributed by atoms with Crippen molar-refractivity contribution in [2.24, 2.45) is 22.2 Å². The molecule has 0 aliphatic heterocycles. The third-order valence-electron chi connectivity index (χ3n) is 6.84. The number of carboxylic acids is 1. The molecule has 14 nitrogen and oxygen atoms in total. The maximum atomic E-state index is 13.7. The number of aliphatic imine (C=N–C) groups is 1. The van der Waals surface area contributed by atoms with E-state index in [1.54, 1.807) is 18.3 Å². The monoisotopic (exact) mass is 626 g/mol. The largest absolute Gasteiger partial charge is 0.508 e. The van der Waals surface area contributed by atoms with Gasteiger partial charge in [-0.3, -0.25) is 19.4 Å². The first-order valence-electron chi connectivity index (χ1n) is 13.9. The number of aromatic hydroxyl groups is 1. The van der Waals surface area contributed by atoms with E-state index in [0.717, 1.165) is 10.9 Å². The molecule has 4 atom stereocenters. The lowest BCUT2D eigenvalue weighted by atomic mass is 10.0. The van der Waals surface area contributed by atoms with Crippen LogP contribution < -0.4 is 33.2 Å². The Labute approximate surface area is 259 Å². The third-order valence-corrected chi connectivity index (χ3v) is 7.21. The number of hydrogen-bond donors (Lipinski definition) is 10. The number of aromatic nitrogens is 1. The lowest BCUT2D eigenvalue weighted by Crippen LogP contribution is -2.58. The van der Waals surface area contributed by atoms with E-state index in [1.807, 2.05) is 24.3 Å². The number of phenols is 1. The molecule has 44 heavy (non-hydrogen) atoms. The van der Waals surface area contributed by atoms with Gasteiger partial charge in [-0.15, -0.1) is 0 Å². The van der Waals surface area contributed by atoms with E-state index in [9.17, 15) is 29.4 Å². The lowest BCUT2D eigenvalue weighted by Gasteiger charge is -2.25. The Hall–Kier alpha value is -4.76. The van der Waals surface area contributed by atoms with Crippen LogP contribution in [-0.2, 0) is 32.0 Å². The fourth-order valence-corrected chi connectivity index (χ4v) is 4.71. The van der Waals surface area contributed by atoms with Gasteiger partial charge >= 0.3 is 5.97 Å². The number of rotatable bonds is 16. The fraction of sp³-hybridized carbons (Fsp3) is 0.345. The summed E-state index contributed by atoms with van der Waals surface area (Å²) in [6.45, 7) is 0.273. The number of para-hydroxylation sites is 1. The summed E-state index contributed by atoms with van der Waals surface area (Å²) >= 11 is 4.01. The highest BCUT2D eigenvalue weighted by Crippen LogP contribution is 2.20. The highest BCUT2D eigenvalue weighted by atomic mass is 32.1. The minimum Gasteiger partial charge on any atom is -0.508 e. The van der Waals surface area contributed by atoms with Crippen molar-refractivity contribution in [3.8, 4) is 5.75 Å². The van der Waals surface area contributed by atoms with Crippen molar-refractivity contribution < 1.29 is 29.4 Å². The number of H-pyrrole nitrogens is 1. The van der Waals surface area contributed by atoms with Gasteiger partial charge in [-0.05, 0) is 42.2 Å². The van der Waals surface area contributed by atoms with Crippen molar-refractivity contribution in [3.05, 3.63) is 65.9 Å². The summed E-state index contributed by atoms with van der Waals surface area (Å²) in [5.74, 6) is -3.55. The van der Waals surface area contributed by atoms with Crippen molar-refractivity contribution >= 4 is 53.2 Å². The Morgan fingerprint density at radius 3 is 2.14 bits per heavy atom. The second-order valence-corrected chi connectivity index (χ2v) is 10.6. The van der Waals surface area contributed by atoms with E-state index in [4.69, 9.17) is 17.2 Å². The van der Waals surface area contributed by atoms with Gasteiger partial charge in [0.1, 0.15) is 23.9 Å². The number of carbonyl (C=O) groups excluding carboxylic acids is 3. The van der Waals surface area contributed by atoms with Crippen LogP contribution in [0.4, 0.5) is 0 Å². The van der Waals surface area contributed by atoms with Gasteiger partial charge in [-0.25, -0.2) is 4.79 Å². The van der Waals surface area contributed by atoms with Gasteiger partial charge in [-0.2, -0.15) is 12.6 Å². The number of thiol groups is 1. The summed E-state index contributed by atoms with van der Waals surface area (Å²) in [6, 6.07) is 8.81. The number of benzene rings is 2. The molecule has 0 bridgehead atoms. The Bertz CT molecular complexity index is 1470. The molecule has 12 N–H and O–H groups in total. The zero-order valence-corrected chi connectivity index (χ0v) is 24.8. The van der Waals surface area contributed by atoms with Gasteiger partial charge in [0.15, 0.2) is 5.96 Å². The average Bonchev–Trinajstić information content (AvgIpc) is 3.40. The molecule has 0 aliphatic carbocycles. The van der Waals surface area contributed by atoms with Crippen LogP contribution in [0.2, 0.25) is 0 Å². The number of nitrogens with two attached hydrogens (primary N) is 3. The highest BCUT2D eigenvalue weighted by molar-refractivity contribution is 7.80. The van der Waals surface area contributed by atoms with Crippen molar-refractivity contribution in [1.29, 1.82) is 0 Å². The van der Waals surface area contributed by atoms with Gasteiger partial charge in [0, 0.05) is 42.2 Å². The Balaban J connectivity index is 1.85. The SMILES string of the molecule is NC(N)=NCCCC(N)C(=O)NC(Cc1ccc(O)cc1)C(=O)NC(Cc1c[nH]c2ccccc12)C(=O)NC(CS)C(=O)O. The molecule has 0 radical (unpaired) electrons. The second kappa shape index (κ2) is 16.2. The molecule has 4 unspecified atom stereocenters. The van der Waals surface area contributed by atoms with E-state index < -0.39 is 47.9 Å². The quantitative estimate of drug-likeness (QED) is 0.0425. The van der Waals surface area contributed by atoms with Crippen LogP contribution in [0.25, 0.3) is 10.9 Å². The minimum absolute atomic E-state index is 0.00832. The van der Waals surface area contributed by atoms with Gasteiger partial charge in [-0.1, -0.05) is 30.3 Å². The minimum atomic E-state index is -1.29. The molecule has 1 aromatic heterocycles. The molecule has 0 saturated heterocycles. The van der Waals surface area contributed by atoms with Crippen molar-refractivity contribution in [2.45, 2.75) is 49.9 Å². The molecular formula is C29H38N8O6S. The summed E-state index contributed by atoms with van der Waals surface area (Å²) in [7, 11) is 0. The number of guanidine groups is 1. The zero-order valence-electron chi connectivity index (χ0n) is 23.9. The van der Waals surface area contributed by atoms with Crippen molar-refractivity contribution in [2.75, 3.05) is 12.3 Å². The first kappa shape index (κ1) is 33.7. The average molecular weight is 627 g/mol. The predicted molar refractivity (Wildman–Crippen MR) is 169 cm³/mol. The summed E-state index contributed by atoms with van der Waals surface area (Å²) in [6.07, 6.45) is 2.40. The van der Waals surface area contributed by atoms with Crippen LogP contribution >= 0.6 is 12.6 Å². The van der Waals surface area contributed by atoms with E-state index in [2.05, 4.69) is 38.6 Å². The summed E-state index contributed by atoms with van der Waals surface area (Å²) in [5.41, 5.74) is 18.9. The molecule has 0 fully saturated rings. The standard InChI is InChI=1S/C29H38N8O6S/c30-20(5-3-11-33-29(31)32)25(39)35-22(12-16-7-9-18(38)10-8-16)26(40)36-23(27(41)37-24(15-44)28(42)43)13-17-14-34-21-6-2-1-4-19(17)21/h1-2,4,6-10,14,20,22-24,34,38,44H,3,5,11-13,15,30H2,(H,35,39)(H,36,40)(H,37,41)(H,42,43)(H4,31,32,33). The number of carbonyl (C=O) groups is 4. The number of nitrogens with one attached hydrogen (secondary N) is 4. The number of aliphatic carboxylic acids is 1. The Morgan fingerprint density at radius 1 is 0.886 bits per heavy atom. The fourth-order valence-electron chi connectivity index (χ4n) is 4.47. The molecule has 0 aliphatic rings. The van der Waals surface area contributed by atoms with Crippen LogP contribution in [-0.4, -0.2) is 81.3 Å². The van der Waals surface area contributed by atoms with Gasteiger partial charge < -0.3 is 48.3 Å². The maximum Gasteiger partial charge on any atom is 0.327 e. The molecular weight excluding hydrogens is 588 g/mol. The van der Waals surface area contributed by atoms with E-state index >= 15 is 0 Å². The van der Waals surface area contributed by atoms with Crippen molar-refractivity contribution in [1.82, 2.24) is 20.9 Å². The summed E-state index contributed by atoms with van der Waals surface area (Å²) < 4.78 is 0. The van der Waals surface area contributed by atoms with Crippen LogP contribution in [0.3, 0.4) is 0 Å². The topological polar surface area (TPSA) is 251 Å². The molecule has 15 heteroatoms. The molecule has 2 aromatic carbocycles. The molecule has 3 amide bonds. The zero-order chi connectivity index (χ0) is 32.2. The second-order valence-electron chi connectivity index (χ2n) is 10.2. The van der Waals surface area contributed by atoms with Crippen molar-refractivity contribution in [3.63, 3.8) is 0 Å². The summed E-state index contributed by atoms with van der Waals surface area (Å²) in [4.78, 5) is 58.7. The van der Waals surface area contributed by atoms with E-state index in [0.29, 0.717) is 17.5 Å². The third kappa shape index (κ3) is 9.91. The van der Waals surface area contributed by atoms with Crippen LogP contribution in [0.15, 0.2) is 59.7 Å². The van der Waals surface area contributed by atoms with E-state index in [1.165, 1.54) is 12.1 Å². The number of phenolic OH excluding ortho intramolecular Hbond substituents is 1. The smallest absolute Gasteiger partial charge is 0.327 e. The lowest BCUT2D eigenvalue weighted by molar-refractivity contribution is -0.141. The summed E-state index contributed by atoms with van der Waals surface area (Å²) in [5, 5.41) is 27.7. The van der Waals surface area contributed by atoms with Gasteiger partial charge in [0.05, 0.1) is 6.04 Å². The number of nitrogens with zero attached hydrogens (tertiary/aromatic N) is 1. The molecule has 3 aromatic rings. The molecule has 0 spiro atoms. The number of amides is 3. The Morgan fingerprint density at radius 2 is 1.50 bits per heavy atom. The number of carboxylic acid groups (broad SMARTS) is 1. The first-order valence-corrected chi connectivity index (χ1v) is 14.5. The maximum absolute atomic E-state index is 13.7. The molecule has 3 rings (SSSR count). The van der Waals surface area contributed by atoms with E-state index in [-0.39, 0.29) is 43.3 Å². The number of fused-ring (bicyclic) bond motifs is 1. The van der Waals surface area contributed by atoms with Gasteiger partial charge in [0.2, 0.25) is 17.7 Å². The molecule has 1 heterocycles. The van der Waals surface area contributed by atoms with Gasteiger partial charge in [0.25, 0.3) is 0 Å². The van der Waals surface area contributed by atoms with Crippen LogP contribution in [0.1, 0.15) is 24.0 Å². The number of aromatic amines is 1. The Kier molecular flexibility index (Phi) is 12.4. The molecule has 236 valence electrons. The highest BCUT2D eigenvalue weighted by Gasteiger charge is 2.31. The van der Waals surface area contributed by atoms with Crippen LogP contribution in [0, 0.1) is 0 Å². The molecule has 0 saturated carbocycles. The number of hydrogen-bond acceptors (Lipinski definition) is 8. The predicted octanol–water partition coefficient (Wildman–Crippen LogP) is -0.492. The van der Waals surface area contributed by atoms with Crippen LogP contribution in [0.5, 0.6) is 5.75 Å². The first-order chi connectivity index (χ1) is 21.0.